The highest BCUT2D eigenvalue weighted by Gasteiger charge is 2.30. The third kappa shape index (κ3) is 2.58. The highest BCUT2D eigenvalue weighted by molar-refractivity contribution is 5.93. The van der Waals surface area contributed by atoms with Crippen LogP contribution in [-0.4, -0.2) is 38.6 Å². The smallest absolute Gasteiger partial charge is 0.228 e. The van der Waals surface area contributed by atoms with E-state index in [4.69, 9.17) is 4.42 Å². The Morgan fingerprint density at radius 1 is 1.32 bits per heavy atom. The van der Waals surface area contributed by atoms with Crippen LogP contribution in [0.1, 0.15) is 30.3 Å². The molecule has 1 aliphatic heterocycles. The van der Waals surface area contributed by atoms with Crippen molar-refractivity contribution in [2.75, 3.05) is 18.4 Å². The van der Waals surface area contributed by atoms with Crippen LogP contribution in [0, 0.1) is 12.8 Å². The molecule has 0 unspecified atom stereocenters. The lowest BCUT2D eigenvalue weighted by molar-refractivity contribution is -0.117. The van der Waals surface area contributed by atoms with Crippen molar-refractivity contribution in [2.45, 2.75) is 25.7 Å². The van der Waals surface area contributed by atoms with E-state index in [2.05, 4.69) is 25.7 Å². The molecule has 0 spiro atoms. The predicted molar refractivity (Wildman–Crippen MR) is 90.2 cm³/mol. The molecule has 4 heterocycles. The van der Waals surface area contributed by atoms with Gasteiger partial charge in [-0.25, -0.2) is 9.97 Å². The van der Waals surface area contributed by atoms with E-state index < -0.39 is 0 Å². The number of fused-ring (bicyclic) bond motifs is 1. The number of carbonyl (C=O) groups excluding carboxylic acids is 1. The molecule has 3 aromatic rings. The summed E-state index contributed by atoms with van der Waals surface area (Å²) in [5, 5.41) is 10.7. The van der Waals surface area contributed by atoms with E-state index in [1.165, 1.54) is 0 Å². The maximum atomic E-state index is 12.1. The molecule has 3 aromatic heterocycles. The summed E-state index contributed by atoms with van der Waals surface area (Å²) in [4.78, 5) is 21.3. The van der Waals surface area contributed by atoms with Crippen LogP contribution in [0.3, 0.4) is 0 Å². The summed E-state index contributed by atoms with van der Waals surface area (Å²) < 4.78 is 7.42. The molecule has 1 aliphatic carbocycles. The Kier molecular flexibility index (Phi) is 3.14. The van der Waals surface area contributed by atoms with Crippen molar-refractivity contribution < 1.29 is 9.21 Å². The number of aryl methyl sites for hydroxylation is 1. The molecule has 128 valence electrons. The summed E-state index contributed by atoms with van der Waals surface area (Å²) in [7, 11) is 0. The van der Waals surface area contributed by atoms with Crippen LogP contribution < -0.4 is 10.6 Å². The third-order valence-corrected chi connectivity index (χ3v) is 4.65. The monoisotopic (exact) mass is 338 g/mol. The van der Waals surface area contributed by atoms with E-state index in [0.29, 0.717) is 29.0 Å². The van der Waals surface area contributed by atoms with Gasteiger partial charge in [0.05, 0.1) is 0 Å². The zero-order valence-corrected chi connectivity index (χ0v) is 13.8. The molecular formula is C17H18N6O2. The van der Waals surface area contributed by atoms with Gasteiger partial charge in [0.2, 0.25) is 11.7 Å². The van der Waals surface area contributed by atoms with Crippen LogP contribution in [0.15, 0.2) is 22.6 Å². The lowest BCUT2D eigenvalue weighted by Gasteiger charge is -2.23. The summed E-state index contributed by atoms with van der Waals surface area (Å²) in [5.74, 6) is 3.66. The number of nitrogens with zero attached hydrogens (tertiary/aromatic N) is 4. The lowest BCUT2D eigenvalue weighted by Crippen LogP contribution is -2.40. The molecule has 0 aromatic carbocycles. The predicted octanol–water partition coefficient (Wildman–Crippen LogP) is 1.73. The highest BCUT2D eigenvalue weighted by atomic mass is 16.3. The first-order valence-corrected chi connectivity index (χ1v) is 8.53. The van der Waals surface area contributed by atoms with Crippen LogP contribution >= 0.6 is 0 Å². The number of rotatable bonds is 4. The minimum atomic E-state index is 0.0151. The van der Waals surface area contributed by atoms with Crippen LogP contribution in [0.4, 0.5) is 5.82 Å². The maximum absolute atomic E-state index is 12.1. The topological polar surface area (TPSA) is 97.3 Å². The Morgan fingerprint density at radius 3 is 2.80 bits per heavy atom. The van der Waals surface area contributed by atoms with Gasteiger partial charge in [0.15, 0.2) is 17.2 Å². The van der Waals surface area contributed by atoms with E-state index in [9.17, 15) is 4.79 Å². The fourth-order valence-corrected chi connectivity index (χ4v) is 2.90. The van der Waals surface area contributed by atoms with Crippen LogP contribution in [0.5, 0.6) is 0 Å². The van der Waals surface area contributed by atoms with Crippen molar-refractivity contribution >= 4 is 17.4 Å². The van der Waals surface area contributed by atoms with Gasteiger partial charge in [-0.2, -0.15) is 4.52 Å². The Bertz CT molecular complexity index is 967. The molecule has 0 atom stereocenters. The summed E-state index contributed by atoms with van der Waals surface area (Å²) in [6.45, 7) is 3.64. The Balaban J connectivity index is 1.61. The summed E-state index contributed by atoms with van der Waals surface area (Å²) >= 11 is 0. The molecular weight excluding hydrogens is 320 g/mol. The molecule has 8 nitrogen and oxygen atoms in total. The first kappa shape index (κ1) is 14.6. The normalized spacial score (nSPS) is 17.6. The lowest BCUT2D eigenvalue weighted by atomic mass is 10.0. The van der Waals surface area contributed by atoms with Crippen LogP contribution in [0.2, 0.25) is 0 Å². The molecule has 1 saturated heterocycles. The van der Waals surface area contributed by atoms with Gasteiger partial charge in [0.25, 0.3) is 0 Å². The third-order valence-electron chi connectivity index (χ3n) is 4.65. The number of carbonyl (C=O) groups is 1. The van der Waals surface area contributed by atoms with Crippen molar-refractivity contribution in [1.82, 2.24) is 24.9 Å². The number of aromatic nitrogens is 4. The van der Waals surface area contributed by atoms with Gasteiger partial charge in [0, 0.05) is 31.0 Å². The minimum Gasteiger partial charge on any atom is -0.458 e. The number of hydrogen-bond donors (Lipinski definition) is 2. The molecule has 1 saturated carbocycles. The Morgan fingerprint density at radius 2 is 2.16 bits per heavy atom. The molecule has 5 rings (SSSR count). The van der Waals surface area contributed by atoms with Crippen molar-refractivity contribution in [3.63, 3.8) is 0 Å². The average Bonchev–Trinajstić information content (AvgIpc) is 3.18. The highest BCUT2D eigenvalue weighted by Crippen LogP contribution is 2.31. The quantitative estimate of drug-likeness (QED) is 0.752. The number of furan rings is 1. The SMILES string of the molecule is Cc1ccc(-c2nc(NC(=O)C3CC3)cc3nc(C4CNC4)nn23)o1. The molecule has 2 fully saturated rings. The fourth-order valence-electron chi connectivity index (χ4n) is 2.90. The van der Waals surface area contributed by atoms with Gasteiger partial charge in [-0.1, -0.05) is 0 Å². The molecule has 8 heteroatoms. The maximum Gasteiger partial charge on any atom is 0.228 e. The van der Waals surface area contributed by atoms with Crippen LogP contribution in [-0.2, 0) is 4.79 Å². The molecule has 0 bridgehead atoms. The fraction of sp³-hybridized carbons (Fsp3) is 0.412. The Hall–Kier alpha value is -2.74. The zero-order chi connectivity index (χ0) is 17.0. The second-order valence-corrected chi connectivity index (χ2v) is 6.73. The molecule has 2 aliphatic rings. The summed E-state index contributed by atoms with van der Waals surface area (Å²) in [6, 6.07) is 5.50. The van der Waals surface area contributed by atoms with Gasteiger partial charge < -0.3 is 15.1 Å². The van der Waals surface area contributed by atoms with Crippen molar-refractivity contribution in [3.8, 4) is 11.6 Å². The van der Waals surface area contributed by atoms with E-state index in [1.54, 1.807) is 10.6 Å². The van der Waals surface area contributed by atoms with E-state index in [-0.39, 0.29) is 11.8 Å². The molecule has 25 heavy (non-hydrogen) atoms. The first-order chi connectivity index (χ1) is 12.2. The first-order valence-electron chi connectivity index (χ1n) is 8.53. The van der Waals surface area contributed by atoms with Crippen molar-refractivity contribution in [2.24, 2.45) is 5.92 Å². The van der Waals surface area contributed by atoms with E-state index in [0.717, 1.165) is 37.5 Å². The second kappa shape index (κ2) is 5.38. The van der Waals surface area contributed by atoms with Crippen LogP contribution in [0.25, 0.3) is 17.2 Å². The van der Waals surface area contributed by atoms with Gasteiger partial charge >= 0.3 is 0 Å². The standard InChI is InChI=1S/C17H18N6O2/c1-9-2-5-12(25-9)16-19-13(20-17(24)10-3-4-10)6-14-21-15(22-23(14)16)11-7-18-8-11/h2,5-6,10-11,18H,3-4,7-8H2,1H3,(H,20,24). The number of nitrogens with one attached hydrogen (secondary N) is 2. The van der Waals surface area contributed by atoms with E-state index in [1.807, 2.05) is 19.1 Å². The molecule has 1 amide bonds. The number of amides is 1. The summed E-state index contributed by atoms with van der Waals surface area (Å²) in [5.41, 5.74) is 0.659. The van der Waals surface area contributed by atoms with E-state index >= 15 is 0 Å². The second-order valence-electron chi connectivity index (χ2n) is 6.73. The molecule has 2 N–H and O–H groups in total. The minimum absolute atomic E-state index is 0.0151. The largest absolute Gasteiger partial charge is 0.458 e. The summed E-state index contributed by atoms with van der Waals surface area (Å²) in [6.07, 6.45) is 1.89. The van der Waals surface area contributed by atoms with Crippen molar-refractivity contribution in [1.29, 1.82) is 0 Å². The average molecular weight is 338 g/mol. The van der Waals surface area contributed by atoms with Gasteiger partial charge in [-0.3, -0.25) is 4.79 Å². The number of anilines is 1. The zero-order valence-electron chi connectivity index (χ0n) is 13.8. The van der Waals surface area contributed by atoms with Crippen molar-refractivity contribution in [3.05, 3.63) is 29.8 Å². The van der Waals surface area contributed by atoms with Gasteiger partial charge in [0.1, 0.15) is 11.6 Å². The molecule has 0 radical (unpaired) electrons. The number of hydrogen-bond acceptors (Lipinski definition) is 6. The van der Waals surface area contributed by atoms with Gasteiger partial charge in [-0.05, 0) is 31.9 Å². The Labute approximate surface area is 143 Å². The van der Waals surface area contributed by atoms with Gasteiger partial charge in [-0.15, -0.1) is 5.10 Å².